The number of rotatable bonds is 3. The van der Waals surface area contributed by atoms with Crippen LogP contribution in [0, 0.1) is 31.3 Å². The van der Waals surface area contributed by atoms with Crippen molar-refractivity contribution in [3.05, 3.63) is 70.0 Å². The highest BCUT2D eigenvalue weighted by molar-refractivity contribution is 5.37. The van der Waals surface area contributed by atoms with Crippen LogP contribution in [0.5, 0.6) is 0 Å². The molecular formula is C16H16F3N. The fraction of sp³-hybridized carbons (Fsp3) is 0.250. The number of aryl methyl sites for hydroxylation is 2. The summed E-state index contributed by atoms with van der Waals surface area (Å²) in [7, 11) is 1.68. The second-order valence-corrected chi connectivity index (χ2v) is 4.85. The van der Waals surface area contributed by atoms with E-state index in [9.17, 15) is 13.2 Å². The highest BCUT2D eigenvalue weighted by atomic mass is 19.1. The molecule has 0 radical (unpaired) electrons. The Bertz CT molecular complexity index is 638. The topological polar surface area (TPSA) is 12.0 Å². The van der Waals surface area contributed by atoms with Gasteiger partial charge in [-0.25, -0.2) is 13.2 Å². The molecule has 106 valence electrons. The van der Waals surface area contributed by atoms with E-state index in [1.807, 2.05) is 0 Å². The van der Waals surface area contributed by atoms with Crippen LogP contribution in [0.2, 0.25) is 0 Å². The zero-order valence-electron chi connectivity index (χ0n) is 11.6. The summed E-state index contributed by atoms with van der Waals surface area (Å²) in [6, 6.07) is 6.52. The van der Waals surface area contributed by atoms with Crippen LogP contribution in [0.3, 0.4) is 0 Å². The van der Waals surface area contributed by atoms with Gasteiger partial charge < -0.3 is 5.32 Å². The molecule has 1 nitrogen and oxygen atoms in total. The van der Waals surface area contributed by atoms with E-state index in [2.05, 4.69) is 5.32 Å². The van der Waals surface area contributed by atoms with Crippen LogP contribution in [-0.4, -0.2) is 7.05 Å². The second kappa shape index (κ2) is 5.67. The smallest absolute Gasteiger partial charge is 0.131 e. The Balaban J connectivity index is 2.52. The van der Waals surface area contributed by atoms with Crippen LogP contribution in [0.15, 0.2) is 30.3 Å². The van der Waals surface area contributed by atoms with E-state index in [1.165, 1.54) is 12.1 Å². The molecule has 0 spiro atoms. The maximum absolute atomic E-state index is 14.0. The second-order valence-electron chi connectivity index (χ2n) is 4.85. The van der Waals surface area contributed by atoms with E-state index >= 15 is 0 Å². The standard InChI is InChI=1S/C16H16F3N/c1-9-6-11(4-5-13(9)17)16(20-3)12-7-10(2)14(18)8-15(12)19/h4-8,16,20H,1-3H3. The molecule has 0 bridgehead atoms. The highest BCUT2D eigenvalue weighted by Gasteiger charge is 2.18. The van der Waals surface area contributed by atoms with Gasteiger partial charge in [-0.15, -0.1) is 0 Å². The third-order valence-electron chi connectivity index (χ3n) is 3.39. The van der Waals surface area contributed by atoms with Crippen molar-refractivity contribution < 1.29 is 13.2 Å². The predicted octanol–water partition coefficient (Wildman–Crippen LogP) is 4.03. The first-order valence-electron chi connectivity index (χ1n) is 6.33. The average Bonchev–Trinajstić information content (AvgIpc) is 2.40. The van der Waals surface area contributed by atoms with Crippen LogP contribution in [-0.2, 0) is 0 Å². The number of nitrogens with one attached hydrogen (secondary N) is 1. The highest BCUT2D eigenvalue weighted by Crippen LogP contribution is 2.27. The first-order valence-corrected chi connectivity index (χ1v) is 6.33. The Morgan fingerprint density at radius 2 is 1.50 bits per heavy atom. The molecule has 0 amide bonds. The van der Waals surface area contributed by atoms with Gasteiger partial charge in [0.25, 0.3) is 0 Å². The minimum atomic E-state index is -0.616. The summed E-state index contributed by atoms with van der Waals surface area (Å²) in [6.07, 6.45) is 0. The maximum atomic E-state index is 14.0. The van der Waals surface area contributed by atoms with Gasteiger partial charge >= 0.3 is 0 Å². The molecule has 0 saturated carbocycles. The van der Waals surface area contributed by atoms with Gasteiger partial charge in [0.1, 0.15) is 17.5 Å². The average molecular weight is 279 g/mol. The first kappa shape index (κ1) is 14.6. The lowest BCUT2D eigenvalue weighted by molar-refractivity contribution is 0.547. The van der Waals surface area contributed by atoms with E-state index in [0.717, 1.165) is 11.6 Å². The predicted molar refractivity (Wildman–Crippen MR) is 73.1 cm³/mol. The first-order chi connectivity index (χ1) is 9.43. The van der Waals surface area contributed by atoms with Gasteiger partial charge in [0.15, 0.2) is 0 Å². The molecule has 0 aliphatic heterocycles. The van der Waals surface area contributed by atoms with Gasteiger partial charge in [0.2, 0.25) is 0 Å². The largest absolute Gasteiger partial charge is 0.309 e. The molecule has 2 aromatic carbocycles. The normalized spacial score (nSPS) is 12.5. The number of hydrogen-bond acceptors (Lipinski definition) is 1. The minimum Gasteiger partial charge on any atom is -0.309 e. The van der Waals surface area contributed by atoms with Gasteiger partial charge in [-0.05, 0) is 49.7 Å². The Kier molecular flexibility index (Phi) is 4.14. The van der Waals surface area contributed by atoms with Crippen molar-refractivity contribution in [2.24, 2.45) is 0 Å². The number of benzene rings is 2. The minimum absolute atomic E-state index is 0.306. The van der Waals surface area contributed by atoms with Gasteiger partial charge in [-0.3, -0.25) is 0 Å². The molecular weight excluding hydrogens is 263 g/mol. The van der Waals surface area contributed by atoms with Crippen molar-refractivity contribution in [2.45, 2.75) is 19.9 Å². The number of halogens is 3. The summed E-state index contributed by atoms with van der Waals surface area (Å²) in [4.78, 5) is 0. The van der Waals surface area contributed by atoms with Crippen molar-refractivity contribution in [3.63, 3.8) is 0 Å². The Hall–Kier alpha value is -1.81. The van der Waals surface area contributed by atoms with E-state index in [0.29, 0.717) is 16.7 Å². The van der Waals surface area contributed by atoms with Gasteiger partial charge in [0.05, 0.1) is 6.04 Å². The molecule has 0 aliphatic rings. The third kappa shape index (κ3) is 2.70. The molecule has 1 N–H and O–H groups in total. The van der Waals surface area contributed by atoms with E-state index in [-0.39, 0.29) is 5.82 Å². The lowest BCUT2D eigenvalue weighted by atomic mass is 9.95. The summed E-state index contributed by atoms with van der Waals surface area (Å²) in [5.74, 6) is -1.50. The lowest BCUT2D eigenvalue weighted by Crippen LogP contribution is -2.19. The lowest BCUT2D eigenvalue weighted by Gasteiger charge is -2.19. The zero-order chi connectivity index (χ0) is 14.9. The SMILES string of the molecule is CNC(c1ccc(F)c(C)c1)c1cc(C)c(F)cc1F. The summed E-state index contributed by atoms with van der Waals surface area (Å²) in [6.45, 7) is 3.23. The van der Waals surface area contributed by atoms with Gasteiger partial charge in [0, 0.05) is 11.6 Å². The van der Waals surface area contributed by atoms with Crippen molar-refractivity contribution >= 4 is 0 Å². The van der Waals surface area contributed by atoms with Crippen molar-refractivity contribution in [3.8, 4) is 0 Å². The number of hydrogen-bond donors (Lipinski definition) is 1. The van der Waals surface area contributed by atoms with Gasteiger partial charge in [-0.2, -0.15) is 0 Å². The molecule has 20 heavy (non-hydrogen) atoms. The summed E-state index contributed by atoms with van der Waals surface area (Å²) >= 11 is 0. The third-order valence-corrected chi connectivity index (χ3v) is 3.39. The Morgan fingerprint density at radius 1 is 0.850 bits per heavy atom. The molecule has 0 aromatic heterocycles. The van der Waals surface area contributed by atoms with Crippen LogP contribution in [0.25, 0.3) is 0 Å². The van der Waals surface area contributed by atoms with Crippen LogP contribution < -0.4 is 5.32 Å². The summed E-state index contributed by atoms with van der Waals surface area (Å²) in [5, 5.41) is 2.98. The molecule has 0 fully saturated rings. The van der Waals surface area contributed by atoms with Crippen molar-refractivity contribution in [1.82, 2.24) is 5.32 Å². The van der Waals surface area contributed by atoms with Crippen molar-refractivity contribution in [2.75, 3.05) is 7.05 Å². The fourth-order valence-corrected chi connectivity index (χ4v) is 2.25. The van der Waals surface area contributed by atoms with Gasteiger partial charge in [-0.1, -0.05) is 12.1 Å². The molecule has 1 atom stereocenters. The molecule has 4 heteroatoms. The van der Waals surface area contributed by atoms with E-state index in [4.69, 9.17) is 0 Å². The Morgan fingerprint density at radius 3 is 2.10 bits per heavy atom. The van der Waals surface area contributed by atoms with Crippen LogP contribution in [0.4, 0.5) is 13.2 Å². The maximum Gasteiger partial charge on any atom is 0.131 e. The van der Waals surface area contributed by atoms with Crippen molar-refractivity contribution in [1.29, 1.82) is 0 Å². The van der Waals surface area contributed by atoms with Crippen LogP contribution >= 0.6 is 0 Å². The molecule has 0 saturated heterocycles. The molecule has 2 rings (SSSR count). The molecule has 0 aliphatic carbocycles. The zero-order valence-corrected chi connectivity index (χ0v) is 11.6. The Labute approximate surface area is 116 Å². The molecule has 1 unspecified atom stereocenters. The van der Waals surface area contributed by atoms with E-state index < -0.39 is 17.7 Å². The summed E-state index contributed by atoms with van der Waals surface area (Å²) in [5.41, 5.74) is 1.94. The molecule has 0 heterocycles. The monoisotopic (exact) mass is 279 g/mol. The fourth-order valence-electron chi connectivity index (χ4n) is 2.25. The quantitative estimate of drug-likeness (QED) is 0.894. The van der Waals surface area contributed by atoms with Crippen LogP contribution in [0.1, 0.15) is 28.3 Å². The molecule has 2 aromatic rings. The van der Waals surface area contributed by atoms with E-state index in [1.54, 1.807) is 33.0 Å². The summed E-state index contributed by atoms with van der Waals surface area (Å²) < 4.78 is 40.6.